The minimum absolute atomic E-state index is 0.0347. The maximum Gasteiger partial charge on any atom is 0.356 e. The Kier molecular flexibility index (Phi) is 2.78. The Hall–Kier alpha value is -1.62. The molecule has 0 bridgehead atoms. The van der Waals surface area contributed by atoms with Crippen LogP contribution in [0.2, 0.25) is 0 Å². The Bertz CT molecular complexity index is 549. The highest BCUT2D eigenvalue weighted by molar-refractivity contribution is 9.10. The van der Waals surface area contributed by atoms with Crippen molar-refractivity contribution in [3.05, 3.63) is 46.2 Å². The Morgan fingerprint density at radius 3 is 2.75 bits per heavy atom. The molecule has 1 aromatic heterocycles. The van der Waals surface area contributed by atoms with Crippen LogP contribution in [0.3, 0.4) is 0 Å². The normalized spacial score (nSPS) is 10.4. The molecule has 0 radical (unpaired) electrons. The molecule has 16 heavy (non-hydrogen) atoms. The van der Waals surface area contributed by atoms with E-state index in [2.05, 4.69) is 21.0 Å². The molecule has 1 N–H and O–H groups in total. The zero-order chi connectivity index (χ0) is 11.7. The first kappa shape index (κ1) is 10.9. The molecule has 0 saturated heterocycles. The van der Waals surface area contributed by atoms with Crippen molar-refractivity contribution >= 4 is 21.9 Å². The van der Waals surface area contributed by atoms with Crippen LogP contribution in [0.1, 0.15) is 16.1 Å². The zero-order valence-corrected chi connectivity index (χ0v) is 10.1. The van der Waals surface area contributed by atoms with Gasteiger partial charge in [0.25, 0.3) is 0 Å². The first-order chi connectivity index (χ1) is 7.58. The third-order valence-electron chi connectivity index (χ3n) is 2.16. The summed E-state index contributed by atoms with van der Waals surface area (Å²) >= 11 is 3.42. The van der Waals surface area contributed by atoms with Gasteiger partial charge in [0.2, 0.25) is 0 Å². The summed E-state index contributed by atoms with van der Waals surface area (Å²) in [5, 5.41) is 12.7. The van der Waals surface area contributed by atoms with E-state index in [1.807, 2.05) is 25.1 Å². The molecule has 0 atom stereocenters. The van der Waals surface area contributed by atoms with Gasteiger partial charge in [-0.1, -0.05) is 6.07 Å². The van der Waals surface area contributed by atoms with E-state index < -0.39 is 5.97 Å². The minimum atomic E-state index is -1.03. The standard InChI is InChI=1S/C11H9BrN2O2/c1-7-2-3-10(8(12)6-7)14-5-4-9(13-14)11(15)16/h2-6H,1H3,(H,15,16). The van der Waals surface area contributed by atoms with E-state index in [4.69, 9.17) is 5.11 Å². The maximum absolute atomic E-state index is 10.7. The third kappa shape index (κ3) is 1.99. The predicted molar refractivity (Wildman–Crippen MR) is 63.0 cm³/mol. The van der Waals surface area contributed by atoms with Crippen LogP contribution in [-0.2, 0) is 0 Å². The summed E-state index contributed by atoms with van der Waals surface area (Å²) in [7, 11) is 0. The number of carboxylic acid groups (broad SMARTS) is 1. The van der Waals surface area contributed by atoms with Crippen molar-refractivity contribution in [1.82, 2.24) is 9.78 Å². The molecule has 0 fully saturated rings. The van der Waals surface area contributed by atoms with Crippen molar-refractivity contribution in [2.24, 2.45) is 0 Å². The van der Waals surface area contributed by atoms with Gasteiger partial charge in [0.05, 0.1) is 5.69 Å². The molecular formula is C11H9BrN2O2. The van der Waals surface area contributed by atoms with Gasteiger partial charge in [-0.05, 0) is 46.6 Å². The molecule has 0 aliphatic carbocycles. The molecule has 1 heterocycles. The summed E-state index contributed by atoms with van der Waals surface area (Å²) in [5.74, 6) is -1.03. The fourth-order valence-electron chi connectivity index (χ4n) is 1.37. The average molecular weight is 281 g/mol. The van der Waals surface area contributed by atoms with Crippen molar-refractivity contribution in [1.29, 1.82) is 0 Å². The van der Waals surface area contributed by atoms with Crippen LogP contribution >= 0.6 is 15.9 Å². The summed E-state index contributed by atoms with van der Waals surface area (Å²) in [6.45, 7) is 1.99. The van der Waals surface area contributed by atoms with E-state index in [0.29, 0.717) is 0 Å². The largest absolute Gasteiger partial charge is 0.476 e. The van der Waals surface area contributed by atoms with E-state index in [-0.39, 0.29) is 5.69 Å². The number of benzene rings is 1. The van der Waals surface area contributed by atoms with E-state index in [1.54, 1.807) is 6.20 Å². The molecule has 0 saturated carbocycles. The summed E-state index contributed by atoms with van der Waals surface area (Å²) < 4.78 is 2.42. The van der Waals surface area contributed by atoms with Crippen molar-refractivity contribution in [3.8, 4) is 5.69 Å². The number of hydrogen-bond donors (Lipinski definition) is 1. The molecule has 82 valence electrons. The molecule has 4 nitrogen and oxygen atoms in total. The molecule has 2 aromatic rings. The first-order valence-corrected chi connectivity index (χ1v) is 5.43. The first-order valence-electron chi connectivity index (χ1n) is 4.63. The Balaban J connectivity index is 2.46. The highest BCUT2D eigenvalue weighted by Crippen LogP contribution is 2.21. The summed E-state index contributed by atoms with van der Waals surface area (Å²) in [5.41, 5.74) is 1.98. The van der Waals surface area contributed by atoms with Crippen LogP contribution in [0.5, 0.6) is 0 Å². The van der Waals surface area contributed by atoms with Crippen LogP contribution in [0.15, 0.2) is 34.9 Å². The summed E-state index contributed by atoms with van der Waals surface area (Å²) in [6.07, 6.45) is 1.62. The summed E-state index contributed by atoms with van der Waals surface area (Å²) in [6, 6.07) is 7.26. The number of aryl methyl sites for hydroxylation is 1. The SMILES string of the molecule is Cc1ccc(-n2ccc(C(=O)O)n2)c(Br)c1. The Labute approximate surface area is 101 Å². The summed E-state index contributed by atoms with van der Waals surface area (Å²) in [4.78, 5) is 10.7. The van der Waals surface area contributed by atoms with Gasteiger partial charge >= 0.3 is 5.97 Å². The minimum Gasteiger partial charge on any atom is -0.476 e. The quantitative estimate of drug-likeness (QED) is 0.920. The predicted octanol–water partition coefficient (Wildman–Crippen LogP) is 2.64. The van der Waals surface area contributed by atoms with E-state index in [9.17, 15) is 4.79 Å². The van der Waals surface area contributed by atoms with Gasteiger partial charge in [-0.25, -0.2) is 9.48 Å². The lowest BCUT2D eigenvalue weighted by Gasteiger charge is -2.04. The van der Waals surface area contributed by atoms with Crippen LogP contribution < -0.4 is 0 Å². The number of carbonyl (C=O) groups is 1. The average Bonchev–Trinajstić information content (AvgIpc) is 2.66. The highest BCUT2D eigenvalue weighted by Gasteiger charge is 2.09. The lowest BCUT2D eigenvalue weighted by molar-refractivity contribution is 0.0690. The molecule has 0 amide bonds. The molecule has 0 spiro atoms. The second-order valence-electron chi connectivity index (χ2n) is 3.41. The van der Waals surface area contributed by atoms with Gasteiger partial charge in [-0.15, -0.1) is 0 Å². The number of nitrogens with zero attached hydrogens (tertiary/aromatic N) is 2. The number of aromatic nitrogens is 2. The van der Waals surface area contributed by atoms with Crippen LogP contribution in [0.25, 0.3) is 5.69 Å². The van der Waals surface area contributed by atoms with E-state index in [1.165, 1.54) is 10.7 Å². The monoisotopic (exact) mass is 280 g/mol. The van der Waals surface area contributed by atoms with Crippen molar-refractivity contribution in [2.75, 3.05) is 0 Å². The molecule has 0 aliphatic heterocycles. The number of carboxylic acids is 1. The Morgan fingerprint density at radius 1 is 1.44 bits per heavy atom. The fourth-order valence-corrected chi connectivity index (χ4v) is 2.04. The molecule has 0 unspecified atom stereocenters. The molecule has 1 aromatic carbocycles. The highest BCUT2D eigenvalue weighted by atomic mass is 79.9. The smallest absolute Gasteiger partial charge is 0.356 e. The van der Waals surface area contributed by atoms with Gasteiger partial charge in [0, 0.05) is 10.7 Å². The molecule has 2 rings (SSSR count). The van der Waals surface area contributed by atoms with Crippen molar-refractivity contribution in [2.45, 2.75) is 6.92 Å². The van der Waals surface area contributed by atoms with E-state index >= 15 is 0 Å². The molecule has 0 aliphatic rings. The number of aromatic carboxylic acids is 1. The number of rotatable bonds is 2. The van der Waals surface area contributed by atoms with Gasteiger partial charge in [-0.3, -0.25) is 0 Å². The second-order valence-corrected chi connectivity index (χ2v) is 4.26. The van der Waals surface area contributed by atoms with Crippen LogP contribution in [-0.4, -0.2) is 20.9 Å². The fraction of sp³-hybridized carbons (Fsp3) is 0.0909. The Morgan fingerprint density at radius 2 is 2.19 bits per heavy atom. The lowest BCUT2D eigenvalue weighted by Crippen LogP contribution is -2.01. The molecular weight excluding hydrogens is 272 g/mol. The topological polar surface area (TPSA) is 55.1 Å². The zero-order valence-electron chi connectivity index (χ0n) is 8.51. The van der Waals surface area contributed by atoms with E-state index in [0.717, 1.165) is 15.7 Å². The van der Waals surface area contributed by atoms with Crippen LogP contribution in [0.4, 0.5) is 0 Å². The lowest BCUT2D eigenvalue weighted by atomic mass is 10.2. The van der Waals surface area contributed by atoms with Gasteiger partial charge in [-0.2, -0.15) is 5.10 Å². The van der Waals surface area contributed by atoms with Gasteiger partial charge in [0.15, 0.2) is 5.69 Å². The van der Waals surface area contributed by atoms with Crippen LogP contribution in [0, 0.1) is 6.92 Å². The number of hydrogen-bond acceptors (Lipinski definition) is 2. The van der Waals surface area contributed by atoms with Gasteiger partial charge < -0.3 is 5.11 Å². The van der Waals surface area contributed by atoms with Gasteiger partial charge in [0.1, 0.15) is 0 Å². The van der Waals surface area contributed by atoms with Crippen molar-refractivity contribution in [3.63, 3.8) is 0 Å². The molecule has 5 heteroatoms. The van der Waals surface area contributed by atoms with Crippen molar-refractivity contribution < 1.29 is 9.90 Å². The number of halogens is 1. The second kappa shape index (κ2) is 4.09. The third-order valence-corrected chi connectivity index (χ3v) is 2.79. The maximum atomic E-state index is 10.7.